The Labute approximate surface area is 100 Å². The fourth-order valence-electron chi connectivity index (χ4n) is 1.17. The second kappa shape index (κ2) is 5.01. The number of benzene rings is 1. The highest BCUT2D eigenvalue weighted by atomic mass is 32.2. The van der Waals surface area contributed by atoms with Gasteiger partial charge in [-0.05, 0) is 18.2 Å². The van der Waals surface area contributed by atoms with E-state index < -0.39 is 15.7 Å². The van der Waals surface area contributed by atoms with E-state index in [4.69, 9.17) is 4.74 Å². The number of hydrogen-bond acceptors (Lipinski definition) is 4. The highest BCUT2D eigenvalue weighted by Gasteiger charge is 2.11. The predicted octanol–water partition coefficient (Wildman–Crippen LogP) is 1.22. The lowest BCUT2D eigenvalue weighted by molar-refractivity contribution is -0.111. The molecule has 0 bridgehead atoms. The van der Waals surface area contributed by atoms with Gasteiger partial charge < -0.3 is 10.1 Å². The van der Waals surface area contributed by atoms with E-state index in [1.807, 2.05) is 0 Å². The Bertz CT molecular complexity index is 549. The summed E-state index contributed by atoms with van der Waals surface area (Å²) in [4.78, 5) is 11.2. The zero-order chi connectivity index (χ0) is 13.1. The van der Waals surface area contributed by atoms with Crippen LogP contribution >= 0.6 is 0 Å². The molecular weight excluding hydrogens is 242 g/mol. The summed E-state index contributed by atoms with van der Waals surface area (Å²) < 4.78 is 27.8. The third-order valence-electron chi connectivity index (χ3n) is 2.00. The minimum Gasteiger partial charge on any atom is -0.497 e. The van der Waals surface area contributed by atoms with E-state index in [0.29, 0.717) is 11.4 Å². The van der Waals surface area contributed by atoms with Gasteiger partial charge in [0.2, 0.25) is 5.91 Å². The van der Waals surface area contributed by atoms with E-state index >= 15 is 0 Å². The second-order valence-electron chi connectivity index (χ2n) is 3.36. The van der Waals surface area contributed by atoms with Crippen LogP contribution in [-0.4, -0.2) is 27.7 Å². The van der Waals surface area contributed by atoms with Gasteiger partial charge >= 0.3 is 0 Å². The largest absolute Gasteiger partial charge is 0.497 e. The molecule has 6 heteroatoms. The number of carbonyl (C=O) groups excluding carboxylic acids is 1. The van der Waals surface area contributed by atoms with Crippen molar-refractivity contribution in [3.05, 3.63) is 30.9 Å². The van der Waals surface area contributed by atoms with Crippen LogP contribution in [0.4, 0.5) is 5.69 Å². The van der Waals surface area contributed by atoms with Crippen LogP contribution < -0.4 is 10.1 Å². The van der Waals surface area contributed by atoms with Crippen molar-refractivity contribution < 1.29 is 17.9 Å². The lowest BCUT2D eigenvalue weighted by atomic mass is 10.3. The molecule has 0 spiro atoms. The number of carbonyl (C=O) groups is 1. The molecule has 0 atom stereocenters. The van der Waals surface area contributed by atoms with Crippen LogP contribution in [-0.2, 0) is 14.6 Å². The Balaban J connectivity index is 3.23. The first-order valence-corrected chi connectivity index (χ1v) is 6.58. The summed E-state index contributed by atoms with van der Waals surface area (Å²) in [5, 5.41) is 2.48. The predicted molar refractivity (Wildman–Crippen MR) is 64.9 cm³/mol. The van der Waals surface area contributed by atoms with E-state index in [1.165, 1.54) is 25.3 Å². The molecule has 0 saturated carbocycles. The Kier molecular flexibility index (Phi) is 3.90. The maximum absolute atomic E-state index is 11.4. The quantitative estimate of drug-likeness (QED) is 0.821. The van der Waals surface area contributed by atoms with Gasteiger partial charge in [0.25, 0.3) is 0 Å². The maximum Gasteiger partial charge on any atom is 0.247 e. The van der Waals surface area contributed by atoms with Crippen molar-refractivity contribution in [2.45, 2.75) is 4.90 Å². The summed E-state index contributed by atoms with van der Waals surface area (Å²) in [6.07, 6.45) is 2.18. The summed E-state index contributed by atoms with van der Waals surface area (Å²) in [6, 6.07) is 4.27. The van der Waals surface area contributed by atoms with Crippen LogP contribution in [0.3, 0.4) is 0 Å². The van der Waals surface area contributed by atoms with E-state index in [0.717, 1.165) is 12.3 Å². The first-order valence-electron chi connectivity index (χ1n) is 4.69. The fraction of sp³-hybridized carbons (Fsp3) is 0.182. The van der Waals surface area contributed by atoms with Crippen LogP contribution in [0.1, 0.15) is 0 Å². The molecule has 0 aliphatic heterocycles. The molecular formula is C11H13NO4S. The molecule has 0 unspecified atom stereocenters. The average molecular weight is 255 g/mol. The van der Waals surface area contributed by atoms with Gasteiger partial charge in [-0.25, -0.2) is 8.42 Å². The first-order chi connectivity index (χ1) is 7.86. The van der Waals surface area contributed by atoms with Crippen LogP contribution in [0.2, 0.25) is 0 Å². The highest BCUT2D eigenvalue weighted by Crippen LogP contribution is 2.23. The van der Waals surface area contributed by atoms with Crippen molar-refractivity contribution in [1.29, 1.82) is 0 Å². The Morgan fingerprint density at radius 3 is 2.53 bits per heavy atom. The SMILES string of the molecule is C=CC(=O)Nc1cc(OC)cc(S(C)(=O)=O)c1. The fourth-order valence-corrected chi connectivity index (χ4v) is 1.84. The van der Waals surface area contributed by atoms with Crippen molar-refractivity contribution in [2.24, 2.45) is 0 Å². The number of nitrogens with one attached hydrogen (secondary N) is 1. The standard InChI is InChI=1S/C11H13NO4S/c1-4-11(13)12-8-5-9(16-2)7-10(6-8)17(3,14)15/h4-7H,1H2,2-3H3,(H,12,13). The number of ether oxygens (including phenoxy) is 1. The summed E-state index contributed by atoms with van der Waals surface area (Å²) in [7, 11) is -1.94. The molecule has 0 saturated heterocycles. The van der Waals surface area contributed by atoms with Crippen molar-refractivity contribution in [2.75, 3.05) is 18.7 Å². The minimum atomic E-state index is -3.36. The normalized spacial score (nSPS) is 10.7. The van der Waals surface area contributed by atoms with Gasteiger partial charge in [0.05, 0.1) is 12.0 Å². The number of anilines is 1. The van der Waals surface area contributed by atoms with Crippen molar-refractivity contribution in [1.82, 2.24) is 0 Å². The topological polar surface area (TPSA) is 72.5 Å². The highest BCUT2D eigenvalue weighted by molar-refractivity contribution is 7.90. The first kappa shape index (κ1) is 13.2. The molecule has 92 valence electrons. The van der Waals surface area contributed by atoms with Gasteiger partial charge in [-0.2, -0.15) is 0 Å². The molecule has 1 N–H and O–H groups in total. The van der Waals surface area contributed by atoms with E-state index in [9.17, 15) is 13.2 Å². The molecule has 5 nitrogen and oxygen atoms in total. The lowest BCUT2D eigenvalue weighted by Crippen LogP contribution is -2.08. The van der Waals surface area contributed by atoms with Gasteiger partial charge in [-0.3, -0.25) is 4.79 Å². The molecule has 17 heavy (non-hydrogen) atoms. The smallest absolute Gasteiger partial charge is 0.247 e. The third kappa shape index (κ3) is 3.60. The van der Waals surface area contributed by atoms with Crippen molar-refractivity contribution in [3.63, 3.8) is 0 Å². The zero-order valence-electron chi connectivity index (χ0n) is 9.56. The molecule has 1 rings (SSSR count). The monoisotopic (exact) mass is 255 g/mol. The van der Waals surface area contributed by atoms with Crippen LogP contribution in [0.25, 0.3) is 0 Å². The van der Waals surface area contributed by atoms with Crippen LogP contribution in [0, 0.1) is 0 Å². The summed E-state index contributed by atoms with van der Waals surface area (Å²) >= 11 is 0. The van der Waals surface area contributed by atoms with Gasteiger partial charge in [0.1, 0.15) is 5.75 Å². The van der Waals surface area contributed by atoms with Gasteiger partial charge in [-0.1, -0.05) is 6.58 Å². The number of rotatable bonds is 4. The number of hydrogen-bond donors (Lipinski definition) is 1. The van der Waals surface area contributed by atoms with Crippen molar-refractivity contribution in [3.8, 4) is 5.75 Å². The van der Waals surface area contributed by atoms with Crippen LogP contribution in [0.15, 0.2) is 35.7 Å². The van der Waals surface area contributed by atoms with Gasteiger partial charge in [0, 0.05) is 18.0 Å². The van der Waals surface area contributed by atoms with E-state index in [2.05, 4.69) is 11.9 Å². The molecule has 0 aliphatic rings. The van der Waals surface area contributed by atoms with E-state index in [-0.39, 0.29) is 4.90 Å². The molecule has 1 aromatic carbocycles. The van der Waals surface area contributed by atoms with Gasteiger partial charge in [0.15, 0.2) is 9.84 Å². The lowest BCUT2D eigenvalue weighted by Gasteiger charge is -2.08. The number of sulfone groups is 1. The molecule has 0 aromatic heterocycles. The maximum atomic E-state index is 11.4. The summed E-state index contributed by atoms with van der Waals surface area (Å²) in [5.74, 6) is -0.0648. The van der Waals surface area contributed by atoms with Crippen molar-refractivity contribution >= 4 is 21.4 Å². The molecule has 0 radical (unpaired) electrons. The molecule has 1 aromatic rings. The Morgan fingerprint density at radius 2 is 2.06 bits per heavy atom. The summed E-state index contributed by atoms with van der Waals surface area (Å²) in [5.41, 5.74) is 0.342. The zero-order valence-corrected chi connectivity index (χ0v) is 10.4. The summed E-state index contributed by atoms with van der Waals surface area (Å²) in [6.45, 7) is 3.31. The molecule has 0 heterocycles. The third-order valence-corrected chi connectivity index (χ3v) is 3.09. The van der Waals surface area contributed by atoms with E-state index in [1.54, 1.807) is 0 Å². The molecule has 0 aliphatic carbocycles. The van der Waals surface area contributed by atoms with Crippen LogP contribution in [0.5, 0.6) is 5.75 Å². The number of methoxy groups -OCH3 is 1. The Morgan fingerprint density at radius 1 is 1.41 bits per heavy atom. The van der Waals surface area contributed by atoms with Gasteiger partial charge in [-0.15, -0.1) is 0 Å². The molecule has 0 fully saturated rings. The average Bonchev–Trinajstić information content (AvgIpc) is 2.27. The molecule has 1 amide bonds. The second-order valence-corrected chi connectivity index (χ2v) is 5.38. The number of amides is 1. The Hall–Kier alpha value is -1.82. The minimum absolute atomic E-state index is 0.0798.